The summed E-state index contributed by atoms with van der Waals surface area (Å²) in [6, 6.07) is 3.05. The average Bonchev–Trinajstić information content (AvgIpc) is 3.05. The van der Waals surface area contributed by atoms with Gasteiger partial charge >= 0.3 is 0 Å². The Morgan fingerprint density at radius 3 is 2.44 bits per heavy atom. The van der Waals surface area contributed by atoms with Crippen molar-refractivity contribution in [3.63, 3.8) is 0 Å². The molecule has 9 heteroatoms. The van der Waals surface area contributed by atoms with E-state index in [9.17, 15) is 4.79 Å². The van der Waals surface area contributed by atoms with Crippen molar-refractivity contribution in [3.05, 3.63) is 29.0 Å². The van der Waals surface area contributed by atoms with E-state index in [-0.39, 0.29) is 5.78 Å². The molecule has 0 amide bonds. The Morgan fingerprint density at radius 2 is 1.70 bits per heavy atom. The highest BCUT2D eigenvalue weighted by Crippen LogP contribution is 2.45. The van der Waals surface area contributed by atoms with E-state index in [0.29, 0.717) is 40.9 Å². The SMILES string of the molecule is COc1cc(OC)c([C@@H]2Nc3nonc3NC3=C2C(=O)CCC3)cc1OC. The fourth-order valence-electron chi connectivity index (χ4n) is 3.56. The summed E-state index contributed by atoms with van der Waals surface area (Å²) < 4.78 is 21.2. The quantitative estimate of drug-likeness (QED) is 0.837. The molecule has 0 radical (unpaired) electrons. The van der Waals surface area contributed by atoms with E-state index in [0.717, 1.165) is 24.1 Å². The average molecular weight is 372 g/mol. The molecule has 142 valence electrons. The second-order valence-corrected chi connectivity index (χ2v) is 6.28. The van der Waals surface area contributed by atoms with Crippen molar-refractivity contribution in [1.82, 2.24) is 10.3 Å². The van der Waals surface area contributed by atoms with Gasteiger partial charge in [0.25, 0.3) is 0 Å². The number of methoxy groups -OCH3 is 3. The Kier molecular flexibility index (Phi) is 4.35. The Balaban J connectivity index is 1.91. The highest BCUT2D eigenvalue weighted by molar-refractivity contribution is 6.00. The van der Waals surface area contributed by atoms with Gasteiger partial charge in [-0.05, 0) is 29.2 Å². The fraction of sp³-hybridized carbons (Fsp3) is 0.389. The summed E-state index contributed by atoms with van der Waals surface area (Å²) in [6.45, 7) is 0. The van der Waals surface area contributed by atoms with E-state index >= 15 is 0 Å². The van der Waals surface area contributed by atoms with Crippen molar-refractivity contribution >= 4 is 17.4 Å². The molecule has 0 spiro atoms. The van der Waals surface area contributed by atoms with Gasteiger partial charge in [0.2, 0.25) is 11.6 Å². The number of rotatable bonds is 4. The molecule has 1 aliphatic heterocycles. The van der Waals surface area contributed by atoms with E-state index < -0.39 is 6.04 Å². The number of hydrogen-bond acceptors (Lipinski definition) is 9. The molecule has 4 rings (SSSR count). The first-order valence-corrected chi connectivity index (χ1v) is 8.58. The molecule has 2 aliphatic rings. The van der Waals surface area contributed by atoms with E-state index in [2.05, 4.69) is 20.9 Å². The summed E-state index contributed by atoms with van der Waals surface area (Å²) in [7, 11) is 4.69. The van der Waals surface area contributed by atoms with E-state index in [4.69, 9.17) is 18.8 Å². The molecule has 1 aromatic heterocycles. The van der Waals surface area contributed by atoms with E-state index in [1.807, 2.05) is 0 Å². The Bertz CT molecular complexity index is 920. The van der Waals surface area contributed by atoms with Crippen molar-refractivity contribution in [2.45, 2.75) is 25.3 Å². The van der Waals surface area contributed by atoms with Gasteiger partial charge in [0.1, 0.15) is 5.75 Å². The zero-order chi connectivity index (χ0) is 19.0. The number of Topliss-reactive ketones (excluding diaryl/α,β-unsaturated/α-hetero) is 1. The van der Waals surface area contributed by atoms with Gasteiger partial charge < -0.3 is 24.8 Å². The van der Waals surface area contributed by atoms with E-state index in [1.54, 1.807) is 33.5 Å². The summed E-state index contributed by atoms with van der Waals surface area (Å²) in [5.41, 5.74) is 2.19. The molecule has 2 aromatic rings. The number of carbonyl (C=O) groups is 1. The number of fused-ring (bicyclic) bond motifs is 1. The molecule has 1 aliphatic carbocycles. The molecule has 2 heterocycles. The number of nitrogens with zero attached hydrogens (tertiary/aromatic N) is 2. The first-order valence-electron chi connectivity index (χ1n) is 8.58. The molecule has 1 atom stereocenters. The van der Waals surface area contributed by atoms with Crippen molar-refractivity contribution in [3.8, 4) is 17.2 Å². The van der Waals surface area contributed by atoms with Crippen LogP contribution in [0.25, 0.3) is 0 Å². The maximum absolute atomic E-state index is 12.8. The van der Waals surface area contributed by atoms with Crippen LogP contribution in [0.4, 0.5) is 11.6 Å². The minimum absolute atomic E-state index is 0.0696. The van der Waals surface area contributed by atoms with Crippen LogP contribution in [0.2, 0.25) is 0 Å². The number of aromatic nitrogens is 2. The molecule has 1 aromatic carbocycles. The monoisotopic (exact) mass is 372 g/mol. The van der Waals surface area contributed by atoms with Crippen molar-refractivity contribution in [2.24, 2.45) is 0 Å². The zero-order valence-electron chi connectivity index (χ0n) is 15.3. The molecule has 0 fully saturated rings. The van der Waals surface area contributed by atoms with Crippen LogP contribution in [0, 0.1) is 0 Å². The van der Waals surface area contributed by atoms with Gasteiger partial charge in [-0.3, -0.25) is 4.79 Å². The number of nitrogens with one attached hydrogen (secondary N) is 2. The molecule has 2 N–H and O–H groups in total. The molecule has 27 heavy (non-hydrogen) atoms. The second kappa shape index (κ2) is 6.82. The molecule has 0 unspecified atom stereocenters. The Labute approximate surface area is 155 Å². The van der Waals surface area contributed by atoms with E-state index in [1.165, 1.54) is 0 Å². The van der Waals surface area contributed by atoms with Gasteiger partial charge in [0.15, 0.2) is 17.3 Å². The summed E-state index contributed by atoms with van der Waals surface area (Å²) >= 11 is 0. The summed E-state index contributed by atoms with van der Waals surface area (Å²) in [5.74, 6) is 2.60. The number of ether oxygens (including phenoxy) is 3. The van der Waals surface area contributed by atoms with Gasteiger partial charge in [0, 0.05) is 29.3 Å². The largest absolute Gasteiger partial charge is 0.496 e. The smallest absolute Gasteiger partial charge is 0.219 e. The van der Waals surface area contributed by atoms with Crippen LogP contribution in [-0.2, 0) is 4.79 Å². The predicted molar refractivity (Wildman–Crippen MR) is 96.3 cm³/mol. The number of hydrogen-bond donors (Lipinski definition) is 2. The first-order chi connectivity index (χ1) is 13.2. The zero-order valence-corrected chi connectivity index (χ0v) is 15.3. The Morgan fingerprint density at radius 1 is 1.00 bits per heavy atom. The lowest BCUT2D eigenvalue weighted by Crippen LogP contribution is -2.24. The van der Waals surface area contributed by atoms with Crippen molar-refractivity contribution in [1.29, 1.82) is 0 Å². The summed E-state index contributed by atoms with van der Waals surface area (Å²) in [6.07, 6.45) is 2.01. The van der Waals surface area contributed by atoms with Gasteiger partial charge in [-0.15, -0.1) is 0 Å². The van der Waals surface area contributed by atoms with Crippen LogP contribution in [0.15, 0.2) is 28.0 Å². The maximum atomic E-state index is 12.8. The fourth-order valence-corrected chi connectivity index (χ4v) is 3.56. The number of carbonyl (C=O) groups excluding carboxylic acids is 1. The second-order valence-electron chi connectivity index (χ2n) is 6.28. The standard InChI is InChI=1S/C18H20N4O5/c1-24-12-8-14(26-3)13(25-2)7-9(12)16-15-10(5-4-6-11(15)23)19-17-18(20-16)22-27-21-17/h7-8,16H,4-6H2,1-3H3,(H,19,21)(H,20,22)/t16-/m0/s1. The number of ketones is 1. The number of anilines is 2. The minimum Gasteiger partial charge on any atom is -0.496 e. The van der Waals surface area contributed by atoms with Crippen LogP contribution < -0.4 is 24.8 Å². The topological polar surface area (TPSA) is 108 Å². The van der Waals surface area contributed by atoms with Crippen LogP contribution in [0.5, 0.6) is 17.2 Å². The van der Waals surface area contributed by atoms with Gasteiger partial charge in [0.05, 0.1) is 27.4 Å². The third-order valence-corrected chi connectivity index (χ3v) is 4.83. The molecular weight excluding hydrogens is 352 g/mol. The van der Waals surface area contributed by atoms with Gasteiger partial charge in [-0.25, -0.2) is 4.63 Å². The third-order valence-electron chi connectivity index (χ3n) is 4.83. The predicted octanol–water partition coefficient (Wildman–Crippen LogP) is 2.68. The third kappa shape index (κ3) is 2.84. The normalized spacial score (nSPS) is 18.6. The lowest BCUT2D eigenvalue weighted by atomic mass is 9.86. The highest BCUT2D eigenvalue weighted by Gasteiger charge is 2.35. The summed E-state index contributed by atoms with van der Waals surface area (Å²) in [5, 5.41) is 14.3. The van der Waals surface area contributed by atoms with Gasteiger partial charge in [-0.2, -0.15) is 0 Å². The Hall–Kier alpha value is -3.23. The molecular formula is C18H20N4O5. The highest BCUT2D eigenvalue weighted by atomic mass is 16.6. The van der Waals surface area contributed by atoms with Gasteiger partial charge in [-0.1, -0.05) is 0 Å². The maximum Gasteiger partial charge on any atom is 0.219 e. The van der Waals surface area contributed by atoms with Crippen LogP contribution in [-0.4, -0.2) is 37.4 Å². The molecule has 0 bridgehead atoms. The van der Waals surface area contributed by atoms with Crippen LogP contribution in [0.1, 0.15) is 30.9 Å². The lowest BCUT2D eigenvalue weighted by Gasteiger charge is -2.26. The minimum atomic E-state index is -0.497. The number of allylic oxidation sites excluding steroid dienone is 1. The first kappa shape index (κ1) is 17.2. The number of benzene rings is 1. The lowest BCUT2D eigenvalue weighted by molar-refractivity contribution is -0.116. The van der Waals surface area contributed by atoms with Crippen molar-refractivity contribution < 1.29 is 23.6 Å². The van der Waals surface area contributed by atoms with Crippen LogP contribution >= 0.6 is 0 Å². The van der Waals surface area contributed by atoms with Crippen LogP contribution in [0.3, 0.4) is 0 Å². The van der Waals surface area contributed by atoms with Crippen molar-refractivity contribution in [2.75, 3.05) is 32.0 Å². The molecule has 0 saturated heterocycles. The summed E-state index contributed by atoms with van der Waals surface area (Å²) in [4.78, 5) is 12.8. The molecule has 9 nitrogen and oxygen atoms in total. The molecule has 0 saturated carbocycles.